The van der Waals surface area contributed by atoms with Crippen LogP contribution in [0.5, 0.6) is 0 Å². The number of hydrogen-bond donors (Lipinski definition) is 3. The van der Waals surface area contributed by atoms with Gasteiger partial charge in [-0.25, -0.2) is 14.4 Å². The van der Waals surface area contributed by atoms with Crippen LogP contribution in [0.25, 0.3) is 0 Å². The van der Waals surface area contributed by atoms with E-state index in [0.29, 0.717) is 42.2 Å². The molecule has 0 amide bonds. The standard InChI is InChI=1S/C29H46O6/c1-20(2)15-11-7-5-9-13-17-22-23(18-14-10-6-8-12-16-21(3)4)26(29(34)35)25(28(32)33)19-24(22)27(30)31/h19-21H,5-18H2,1-4H3,(H,30,31)(H,32,33)(H,34,35). The molecular weight excluding hydrogens is 444 g/mol. The Morgan fingerprint density at radius 3 is 1.37 bits per heavy atom. The molecule has 1 aromatic carbocycles. The van der Waals surface area contributed by atoms with Crippen molar-refractivity contribution in [3.63, 3.8) is 0 Å². The van der Waals surface area contributed by atoms with Crippen LogP contribution >= 0.6 is 0 Å². The van der Waals surface area contributed by atoms with Gasteiger partial charge in [-0.3, -0.25) is 0 Å². The summed E-state index contributed by atoms with van der Waals surface area (Å²) in [6.07, 6.45) is 13.2. The Balaban J connectivity index is 3.03. The molecule has 0 fully saturated rings. The van der Waals surface area contributed by atoms with Gasteiger partial charge >= 0.3 is 17.9 Å². The second kappa shape index (κ2) is 16.3. The number of benzene rings is 1. The van der Waals surface area contributed by atoms with E-state index in [1.165, 1.54) is 19.3 Å². The lowest BCUT2D eigenvalue weighted by Crippen LogP contribution is -2.18. The van der Waals surface area contributed by atoms with E-state index in [9.17, 15) is 29.7 Å². The molecule has 0 aliphatic carbocycles. The lowest BCUT2D eigenvalue weighted by molar-refractivity contribution is 0.0647. The fourth-order valence-electron chi connectivity index (χ4n) is 4.71. The predicted molar refractivity (Wildman–Crippen MR) is 140 cm³/mol. The summed E-state index contributed by atoms with van der Waals surface area (Å²) in [7, 11) is 0. The Labute approximate surface area is 211 Å². The van der Waals surface area contributed by atoms with Gasteiger partial charge in [0.15, 0.2) is 0 Å². The van der Waals surface area contributed by atoms with Gasteiger partial charge in [0.2, 0.25) is 0 Å². The Morgan fingerprint density at radius 2 is 0.971 bits per heavy atom. The Morgan fingerprint density at radius 1 is 0.571 bits per heavy atom. The number of hydrogen-bond acceptors (Lipinski definition) is 3. The lowest BCUT2D eigenvalue weighted by atomic mass is 9.85. The summed E-state index contributed by atoms with van der Waals surface area (Å²) in [6, 6.07) is 1.04. The van der Waals surface area contributed by atoms with E-state index in [1.807, 2.05) is 0 Å². The van der Waals surface area contributed by atoms with E-state index in [4.69, 9.17) is 0 Å². The van der Waals surface area contributed by atoms with Crippen LogP contribution in [0.15, 0.2) is 6.07 Å². The van der Waals surface area contributed by atoms with E-state index >= 15 is 0 Å². The highest BCUT2D eigenvalue weighted by Gasteiger charge is 2.27. The summed E-state index contributed by atoms with van der Waals surface area (Å²) < 4.78 is 0. The molecule has 0 aliphatic heterocycles. The molecule has 0 spiro atoms. The number of carbonyl (C=O) groups is 3. The Hall–Kier alpha value is -2.37. The third-order valence-electron chi connectivity index (χ3n) is 6.64. The van der Waals surface area contributed by atoms with Crippen LogP contribution in [-0.2, 0) is 12.8 Å². The van der Waals surface area contributed by atoms with Crippen LogP contribution in [-0.4, -0.2) is 33.2 Å². The lowest BCUT2D eigenvalue weighted by Gasteiger charge is -2.18. The molecule has 35 heavy (non-hydrogen) atoms. The maximum atomic E-state index is 12.1. The number of unbranched alkanes of at least 4 members (excludes halogenated alkanes) is 8. The SMILES string of the molecule is CC(C)CCCCCCCc1c(C(=O)O)cc(C(=O)O)c(C(=O)O)c1CCCCCCCC(C)C. The van der Waals surface area contributed by atoms with Gasteiger partial charge in [0.05, 0.1) is 16.7 Å². The van der Waals surface area contributed by atoms with Gasteiger partial charge in [-0.2, -0.15) is 0 Å². The summed E-state index contributed by atoms with van der Waals surface area (Å²) in [4.78, 5) is 36.0. The van der Waals surface area contributed by atoms with Crippen molar-refractivity contribution in [1.29, 1.82) is 0 Å². The zero-order valence-corrected chi connectivity index (χ0v) is 22.2. The second-order valence-electron chi connectivity index (χ2n) is 10.6. The normalized spacial score (nSPS) is 11.4. The summed E-state index contributed by atoms with van der Waals surface area (Å²) >= 11 is 0. The second-order valence-corrected chi connectivity index (χ2v) is 10.6. The van der Waals surface area contributed by atoms with Gasteiger partial charge < -0.3 is 15.3 Å². The molecule has 0 atom stereocenters. The summed E-state index contributed by atoms with van der Waals surface area (Å²) in [5.41, 5.74) is 0.159. The Bertz CT molecular complexity index is 825. The van der Waals surface area contributed by atoms with Crippen LogP contribution in [0.3, 0.4) is 0 Å². The molecule has 0 saturated carbocycles. The molecule has 0 saturated heterocycles. The van der Waals surface area contributed by atoms with Gasteiger partial charge in [0, 0.05) is 0 Å². The number of rotatable bonds is 19. The third-order valence-corrected chi connectivity index (χ3v) is 6.64. The summed E-state index contributed by atoms with van der Waals surface area (Å²) in [5.74, 6) is -2.55. The smallest absolute Gasteiger partial charge is 0.336 e. The molecule has 0 aromatic heterocycles. The van der Waals surface area contributed by atoms with E-state index in [-0.39, 0.29) is 11.1 Å². The average molecular weight is 491 g/mol. The topological polar surface area (TPSA) is 112 Å². The van der Waals surface area contributed by atoms with Gasteiger partial charge in [-0.05, 0) is 54.7 Å². The van der Waals surface area contributed by atoms with Gasteiger partial charge in [-0.1, -0.05) is 91.9 Å². The third kappa shape index (κ3) is 11.3. The van der Waals surface area contributed by atoms with Crippen LogP contribution in [0.1, 0.15) is 147 Å². The van der Waals surface area contributed by atoms with Crippen molar-refractivity contribution in [2.75, 3.05) is 0 Å². The molecule has 6 nitrogen and oxygen atoms in total. The molecule has 0 radical (unpaired) electrons. The largest absolute Gasteiger partial charge is 0.478 e. The van der Waals surface area contributed by atoms with Crippen LogP contribution in [0.4, 0.5) is 0 Å². The molecule has 1 rings (SSSR count). The van der Waals surface area contributed by atoms with Crippen LogP contribution in [0.2, 0.25) is 0 Å². The van der Waals surface area contributed by atoms with Crippen molar-refractivity contribution < 1.29 is 29.7 Å². The average Bonchev–Trinajstić information content (AvgIpc) is 2.76. The minimum absolute atomic E-state index is 0.0702. The van der Waals surface area contributed by atoms with E-state index in [1.54, 1.807) is 0 Å². The van der Waals surface area contributed by atoms with E-state index < -0.39 is 23.5 Å². The molecule has 1 aromatic rings. The first kappa shape index (κ1) is 30.7. The fraction of sp³-hybridized carbons (Fsp3) is 0.690. The molecule has 198 valence electrons. The molecule has 0 heterocycles. The first-order valence-corrected chi connectivity index (χ1v) is 13.4. The first-order chi connectivity index (χ1) is 16.6. The molecule has 0 aliphatic rings. The molecule has 0 unspecified atom stereocenters. The zero-order chi connectivity index (χ0) is 26.4. The van der Waals surface area contributed by atoms with E-state index in [2.05, 4.69) is 27.7 Å². The molecule has 3 N–H and O–H groups in total. The number of aromatic carboxylic acids is 3. The van der Waals surface area contributed by atoms with Crippen molar-refractivity contribution >= 4 is 17.9 Å². The summed E-state index contributed by atoms with van der Waals surface area (Å²) in [5, 5.41) is 29.3. The van der Waals surface area contributed by atoms with Gasteiger partial charge in [0.25, 0.3) is 0 Å². The highest BCUT2D eigenvalue weighted by molar-refractivity contribution is 6.05. The van der Waals surface area contributed by atoms with Gasteiger partial charge in [-0.15, -0.1) is 0 Å². The van der Waals surface area contributed by atoms with Crippen molar-refractivity contribution in [3.8, 4) is 0 Å². The van der Waals surface area contributed by atoms with E-state index in [0.717, 1.165) is 57.4 Å². The highest BCUT2D eigenvalue weighted by Crippen LogP contribution is 2.29. The first-order valence-electron chi connectivity index (χ1n) is 13.4. The maximum absolute atomic E-state index is 12.1. The number of carboxylic acid groups (broad SMARTS) is 3. The van der Waals surface area contributed by atoms with Crippen molar-refractivity contribution in [2.24, 2.45) is 11.8 Å². The Kier molecular flexibility index (Phi) is 14.3. The predicted octanol–water partition coefficient (Wildman–Crippen LogP) is 7.86. The summed E-state index contributed by atoms with van der Waals surface area (Å²) in [6.45, 7) is 8.83. The van der Waals surface area contributed by atoms with Crippen LogP contribution < -0.4 is 0 Å². The van der Waals surface area contributed by atoms with Gasteiger partial charge in [0.1, 0.15) is 0 Å². The fourth-order valence-corrected chi connectivity index (χ4v) is 4.71. The maximum Gasteiger partial charge on any atom is 0.336 e. The molecule has 0 bridgehead atoms. The van der Waals surface area contributed by atoms with Crippen molar-refractivity contribution in [1.82, 2.24) is 0 Å². The monoisotopic (exact) mass is 490 g/mol. The van der Waals surface area contributed by atoms with Crippen molar-refractivity contribution in [3.05, 3.63) is 33.9 Å². The molecule has 6 heteroatoms. The molecular formula is C29H46O6. The van der Waals surface area contributed by atoms with Crippen molar-refractivity contribution in [2.45, 2.75) is 118 Å². The van der Waals surface area contributed by atoms with Crippen LogP contribution in [0, 0.1) is 11.8 Å². The quantitative estimate of drug-likeness (QED) is 0.170. The minimum Gasteiger partial charge on any atom is -0.478 e. The minimum atomic E-state index is -1.41. The number of carboxylic acids is 3. The zero-order valence-electron chi connectivity index (χ0n) is 22.2. The highest BCUT2D eigenvalue weighted by atomic mass is 16.4.